The van der Waals surface area contributed by atoms with E-state index in [-0.39, 0.29) is 16.7 Å². The summed E-state index contributed by atoms with van der Waals surface area (Å²) in [4.78, 5) is 10.9. The Morgan fingerprint density at radius 1 is 1.33 bits per heavy atom. The summed E-state index contributed by atoms with van der Waals surface area (Å²) >= 11 is 0. The molecule has 27 heavy (non-hydrogen) atoms. The number of pyridine rings is 2. The number of alkyl halides is 2. The largest absolute Gasteiger partial charge is 0.356 e. The zero-order valence-corrected chi connectivity index (χ0v) is 15.3. The van der Waals surface area contributed by atoms with Crippen molar-refractivity contribution in [2.75, 3.05) is 24.5 Å². The highest BCUT2D eigenvalue weighted by Crippen LogP contribution is 2.38. The molecule has 4 heterocycles. The highest BCUT2D eigenvalue weighted by molar-refractivity contribution is 5.90. The van der Waals surface area contributed by atoms with Crippen LogP contribution in [0.3, 0.4) is 0 Å². The fourth-order valence-corrected chi connectivity index (χ4v) is 3.59. The van der Waals surface area contributed by atoms with Crippen LogP contribution in [0.25, 0.3) is 22.4 Å². The van der Waals surface area contributed by atoms with Gasteiger partial charge in [0, 0.05) is 37.2 Å². The van der Waals surface area contributed by atoms with Crippen LogP contribution >= 0.6 is 0 Å². The molecule has 3 aromatic rings. The van der Waals surface area contributed by atoms with E-state index in [0.717, 1.165) is 26.4 Å². The predicted molar refractivity (Wildman–Crippen MR) is 101 cm³/mol. The summed E-state index contributed by atoms with van der Waals surface area (Å²) in [6.07, 6.45) is 2.56. The molecule has 1 unspecified atom stereocenters. The molecule has 142 valence electrons. The first-order valence-corrected chi connectivity index (χ1v) is 8.95. The fourth-order valence-electron chi connectivity index (χ4n) is 3.59. The number of fused-ring (bicyclic) bond motifs is 1. The smallest absolute Gasteiger partial charge is 0.272 e. The van der Waals surface area contributed by atoms with Crippen molar-refractivity contribution in [2.24, 2.45) is 11.1 Å². The lowest BCUT2D eigenvalue weighted by atomic mass is 9.90. The van der Waals surface area contributed by atoms with Gasteiger partial charge < -0.3 is 10.6 Å². The van der Waals surface area contributed by atoms with E-state index >= 15 is 0 Å². The Bertz CT molecular complexity index is 980. The molecule has 8 heteroatoms. The van der Waals surface area contributed by atoms with Crippen LogP contribution in [-0.4, -0.2) is 39.8 Å². The zero-order chi connectivity index (χ0) is 19.2. The molecule has 4 rings (SSSR count). The highest BCUT2D eigenvalue weighted by Gasteiger charge is 2.35. The van der Waals surface area contributed by atoms with E-state index in [2.05, 4.69) is 32.0 Å². The number of anilines is 1. The molecule has 1 aliphatic rings. The number of rotatable bonds is 4. The van der Waals surface area contributed by atoms with E-state index in [0.29, 0.717) is 29.1 Å². The van der Waals surface area contributed by atoms with Crippen molar-refractivity contribution in [2.45, 2.75) is 26.2 Å². The summed E-state index contributed by atoms with van der Waals surface area (Å²) in [5, 5.41) is 7.64. The lowest BCUT2D eigenvalue weighted by Crippen LogP contribution is -2.31. The number of nitrogens with two attached hydrogens (primary N) is 1. The molecule has 0 aliphatic carbocycles. The van der Waals surface area contributed by atoms with Gasteiger partial charge in [0.05, 0.1) is 5.69 Å². The molecule has 0 bridgehead atoms. The maximum absolute atomic E-state index is 14.3. The Morgan fingerprint density at radius 3 is 2.85 bits per heavy atom. The van der Waals surface area contributed by atoms with Gasteiger partial charge in [-0.15, -0.1) is 0 Å². The second-order valence-electron chi connectivity index (χ2n) is 7.61. The normalized spacial score (nSPS) is 20.6. The summed E-state index contributed by atoms with van der Waals surface area (Å²) in [7, 11) is 0. The Balaban J connectivity index is 1.84. The third-order valence-electron chi connectivity index (χ3n) is 5.29. The first kappa shape index (κ1) is 17.8. The summed E-state index contributed by atoms with van der Waals surface area (Å²) in [6, 6.07) is 6.67. The van der Waals surface area contributed by atoms with E-state index in [1.807, 2.05) is 0 Å². The second kappa shape index (κ2) is 6.23. The van der Waals surface area contributed by atoms with Crippen LogP contribution in [0, 0.1) is 5.41 Å². The van der Waals surface area contributed by atoms with Gasteiger partial charge >= 0.3 is 0 Å². The average Bonchev–Trinajstić information content (AvgIpc) is 3.25. The number of H-pyrrole nitrogens is 1. The minimum atomic E-state index is -3.03. The summed E-state index contributed by atoms with van der Waals surface area (Å²) in [6.45, 7) is 5.15. The topological polar surface area (TPSA) is 83.7 Å². The molecule has 1 aliphatic heterocycles. The van der Waals surface area contributed by atoms with Crippen molar-refractivity contribution in [1.29, 1.82) is 0 Å². The van der Waals surface area contributed by atoms with Gasteiger partial charge in [-0.2, -0.15) is 5.10 Å². The van der Waals surface area contributed by atoms with Gasteiger partial charge in [0.1, 0.15) is 11.5 Å². The Kier molecular flexibility index (Phi) is 4.10. The van der Waals surface area contributed by atoms with Crippen LogP contribution in [-0.2, 0) is 5.92 Å². The molecule has 3 aromatic heterocycles. The van der Waals surface area contributed by atoms with Crippen LogP contribution < -0.4 is 10.6 Å². The molecule has 1 fully saturated rings. The Labute approximate surface area is 155 Å². The van der Waals surface area contributed by atoms with Gasteiger partial charge in [0.15, 0.2) is 5.65 Å². The van der Waals surface area contributed by atoms with Crippen LogP contribution in [0.1, 0.15) is 25.8 Å². The predicted octanol–water partition coefficient (Wildman–Crippen LogP) is 3.31. The van der Waals surface area contributed by atoms with Crippen molar-refractivity contribution in [1.82, 2.24) is 20.2 Å². The number of nitrogens with one attached hydrogen (secondary N) is 1. The summed E-state index contributed by atoms with van der Waals surface area (Å²) in [5.41, 5.74) is 6.90. The monoisotopic (exact) mass is 372 g/mol. The van der Waals surface area contributed by atoms with E-state index in [1.54, 1.807) is 24.4 Å². The van der Waals surface area contributed by atoms with E-state index in [4.69, 9.17) is 5.73 Å². The van der Waals surface area contributed by atoms with E-state index in [1.165, 1.54) is 6.07 Å². The molecule has 0 aromatic carbocycles. The second-order valence-corrected chi connectivity index (χ2v) is 7.61. The molecular weight excluding hydrogens is 350 g/mol. The van der Waals surface area contributed by atoms with Gasteiger partial charge in [-0.1, -0.05) is 6.92 Å². The van der Waals surface area contributed by atoms with Crippen molar-refractivity contribution >= 4 is 16.9 Å². The van der Waals surface area contributed by atoms with Gasteiger partial charge in [0.25, 0.3) is 5.92 Å². The molecule has 0 saturated carbocycles. The highest BCUT2D eigenvalue weighted by atomic mass is 19.3. The summed E-state index contributed by atoms with van der Waals surface area (Å²) in [5.74, 6) is -2.36. The molecule has 0 spiro atoms. The zero-order valence-electron chi connectivity index (χ0n) is 15.3. The fraction of sp³-hybridized carbons (Fsp3) is 0.421. The number of hydrogen-bond donors (Lipinski definition) is 2. The molecule has 1 atom stereocenters. The Morgan fingerprint density at radius 2 is 2.15 bits per heavy atom. The first-order chi connectivity index (χ1) is 12.8. The quantitative estimate of drug-likeness (QED) is 0.734. The number of aromatic nitrogens is 4. The van der Waals surface area contributed by atoms with Crippen LogP contribution in [0.5, 0.6) is 0 Å². The van der Waals surface area contributed by atoms with Crippen LogP contribution in [0.4, 0.5) is 14.6 Å². The van der Waals surface area contributed by atoms with Crippen molar-refractivity contribution in [3.05, 3.63) is 36.0 Å². The number of halogens is 2. The third-order valence-corrected chi connectivity index (χ3v) is 5.29. The minimum absolute atomic E-state index is 0.0137. The molecule has 1 saturated heterocycles. The lowest BCUT2D eigenvalue weighted by molar-refractivity contribution is 0.0178. The van der Waals surface area contributed by atoms with Crippen molar-refractivity contribution in [3.8, 4) is 11.4 Å². The van der Waals surface area contributed by atoms with Crippen molar-refractivity contribution < 1.29 is 8.78 Å². The third kappa shape index (κ3) is 3.14. The molecule has 3 N–H and O–H groups in total. The number of aromatic amines is 1. The van der Waals surface area contributed by atoms with E-state index in [9.17, 15) is 8.78 Å². The van der Waals surface area contributed by atoms with Gasteiger partial charge in [-0.25, -0.2) is 18.7 Å². The van der Waals surface area contributed by atoms with Crippen LogP contribution in [0.15, 0.2) is 30.5 Å². The van der Waals surface area contributed by atoms with E-state index < -0.39 is 5.92 Å². The minimum Gasteiger partial charge on any atom is -0.356 e. The lowest BCUT2D eigenvalue weighted by Gasteiger charge is -2.24. The van der Waals surface area contributed by atoms with Gasteiger partial charge in [-0.3, -0.25) is 5.10 Å². The first-order valence-electron chi connectivity index (χ1n) is 8.95. The van der Waals surface area contributed by atoms with Gasteiger partial charge in [-0.05, 0) is 42.6 Å². The van der Waals surface area contributed by atoms with Crippen molar-refractivity contribution in [3.63, 3.8) is 0 Å². The molecule has 0 radical (unpaired) electrons. The maximum atomic E-state index is 14.3. The average molecular weight is 372 g/mol. The molecular formula is C19H22F2N6. The number of hydrogen-bond acceptors (Lipinski definition) is 5. The standard InChI is InChI=1S/C19H22F2N6/c1-18(10-22)7-9-27(11-18)14-6-5-13(19(2,20)21)16(24-14)15-12-4-3-8-23-17(12)26-25-15/h3-6,8H,7,9-11,22H2,1-2H3,(H,23,25,26). The van der Waals surface area contributed by atoms with Gasteiger partial charge in [0.2, 0.25) is 0 Å². The van der Waals surface area contributed by atoms with Crippen LogP contribution in [0.2, 0.25) is 0 Å². The Hall–Kier alpha value is -2.61. The SMILES string of the molecule is CC1(CN)CCN(c2ccc(C(C)(F)F)c(-c3[nH]nc4ncccc34)n2)C1. The number of nitrogens with zero attached hydrogens (tertiary/aromatic N) is 4. The summed E-state index contributed by atoms with van der Waals surface area (Å²) < 4.78 is 28.5. The maximum Gasteiger partial charge on any atom is 0.272 e. The molecule has 0 amide bonds. The molecule has 6 nitrogen and oxygen atoms in total.